The fourth-order valence-corrected chi connectivity index (χ4v) is 3.61. The molecule has 0 unspecified atom stereocenters. The molecule has 2 heterocycles. The first-order valence-corrected chi connectivity index (χ1v) is 8.54. The number of hydrogen-bond donors (Lipinski definition) is 1. The molecule has 0 atom stereocenters. The van der Waals surface area contributed by atoms with Crippen LogP contribution in [0.2, 0.25) is 0 Å². The van der Waals surface area contributed by atoms with Crippen LogP contribution in [0.5, 0.6) is 0 Å². The SMILES string of the molecule is CCCc1cc(N2CCNCC2)c2cc(Br)cc(C)c2n1. The first-order chi connectivity index (χ1) is 10.2. The molecule has 1 aliphatic heterocycles. The van der Waals surface area contributed by atoms with E-state index in [1.165, 1.54) is 22.3 Å². The summed E-state index contributed by atoms with van der Waals surface area (Å²) in [6.07, 6.45) is 2.18. The molecular formula is C17H22BrN3. The van der Waals surface area contributed by atoms with Crippen LogP contribution in [-0.4, -0.2) is 31.2 Å². The van der Waals surface area contributed by atoms with Gasteiger partial charge >= 0.3 is 0 Å². The summed E-state index contributed by atoms with van der Waals surface area (Å²) in [5, 5.41) is 4.70. The second-order valence-electron chi connectivity index (χ2n) is 5.74. The molecule has 3 nitrogen and oxygen atoms in total. The van der Waals surface area contributed by atoms with Gasteiger partial charge in [0.2, 0.25) is 0 Å². The fourth-order valence-electron chi connectivity index (χ4n) is 3.04. The maximum absolute atomic E-state index is 4.90. The van der Waals surface area contributed by atoms with E-state index in [0.717, 1.165) is 49.0 Å². The zero-order valence-electron chi connectivity index (χ0n) is 12.7. The number of piperazine rings is 1. The van der Waals surface area contributed by atoms with E-state index >= 15 is 0 Å². The molecule has 3 rings (SSSR count). The molecule has 112 valence electrons. The van der Waals surface area contributed by atoms with E-state index in [0.29, 0.717) is 0 Å². The van der Waals surface area contributed by atoms with Crippen LogP contribution < -0.4 is 10.2 Å². The minimum atomic E-state index is 1.05. The predicted octanol–water partition coefficient (Wildman–Crippen LogP) is 3.67. The van der Waals surface area contributed by atoms with E-state index in [1.807, 2.05) is 0 Å². The molecule has 1 fully saturated rings. The Hall–Kier alpha value is -1.13. The molecule has 0 amide bonds. The van der Waals surface area contributed by atoms with Gasteiger partial charge in [-0.15, -0.1) is 0 Å². The number of fused-ring (bicyclic) bond motifs is 1. The van der Waals surface area contributed by atoms with Crippen LogP contribution in [0.4, 0.5) is 5.69 Å². The summed E-state index contributed by atoms with van der Waals surface area (Å²) >= 11 is 3.63. The predicted molar refractivity (Wildman–Crippen MR) is 93.3 cm³/mol. The van der Waals surface area contributed by atoms with E-state index < -0.39 is 0 Å². The number of aryl methyl sites for hydroxylation is 2. The summed E-state index contributed by atoms with van der Waals surface area (Å²) in [6.45, 7) is 8.61. The molecule has 0 bridgehead atoms. The number of nitrogens with zero attached hydrogens (tertiary/aromatic N) is 2. The molecule has 1 aliphatic rings. The quantitative estimate of drug-likeness (QED) is 0.917. The number of pyridine rings is 1. The fraction of sp³-hybridized carbons (Fsp3) is 0.471. The van der Waals surface area contributed by atoms with Crippen molar-refractivity contribution in [3.05, 3.63) is 33.9 Å². The lowest BCUT2D eigenvalue weighted by Crippen LogP contribution is -2.43. The van der Waals surface area contributed by atoms with Crippen molar-refractivity contribution in [3.8, 4) is 0 Å². The van der Waals surface area contributed by atoms with E-state index in [1.54, 1.807) is 0 Å². The van der Waals surface area contributed by atoms with Crippen LogP contribution >= 0.6 is 15.9 Å². The standard InChI is InChI=1S/C17H22BrN3/c1-3-4-14-11-16(21-7-5-19-6-8-21)15-10-13(18)9-12(2)17(15)20-14/h9-11,19H,3-8H2,1-2H3. The average molecular weight is 348 g/mol. The molecule has 0 spiro atoms. The Kier molecular flexibility index (Phi) is 4.45. The van der Waals surface area contributed by atoms with E-state index in [4.69, 9.17) is 4.98 Å². The molecule has 1 N–H and O–H groups in total. The summed E-state index contributed by atoms with van der Waals surface area (Å²) in [6, 6.07) is 6.66. The van der Waals surface area contributed by atoms with Gasteiger partial charge in [0.25, 0.3) is 0 Å². The molecule has 2 aromatic rings. The van der Waals surface area contributed by atoms with Gasteiger partial charge in [0.15, 0.2) is 0 Å². The maximum atomic E-state index is 4.90. The molecule has 1 aromatic carbocycles. The number of nitrogens with one attached hydrogen (secondary N) is 1. The van der Waals surface area contributed by atoms with Crippen LogP contribution in [-0.2, 0) is 6.42 Å². The van der Waals surface area contributed by atoms with Gasteiger partial charge < -0.3 is 10.2 Å². The Bertz CT molecular complexity index is 648. The second kappa shape index (κ2) is 6.32. The summed E-state index contributed by atoms with van der Waals surface area (Å²) in [4.78, 5) is 7.39. The molecule has 0 saturated carbocycles. The van der Waals surface area contributed by atoms with Crippen LogP contribution in [0.3, 0.4) is 0 Å². The molecule has 1 saturated heterocycles. The maximum Gasteiger partial charge on any atom is 0.0756 e. The van der Waals surface area contributed by atoms with Crippen molar-refractivity contribution in [3.63, 3.8) is 0 Å². The van der Waals surface area contributed by atoms with E-state index in [2.05, 4.69) is 58.2 Å². The lowest BCUT2D eigenvalue weighted by molar-refractivity contribution is 0.590. The van der Waals surface area contributed by atoms with Crippen LogP contribution in [0.1, 0.15) is 24.6 Å². The highest BCUT2D eigenvalue weighted by molar-refractivity contribution is 9.10. The van der Waals surface area contributed by atoms with Crippen LogP contribution in [0, 0.1) is 6.92 Å². The minimum absolute atomic E-state index is 1.05. The Morgan fingerprint density at radius 2 is 2.00 bits per heavy atom. The van der Waals surface area contributed by atoms with Crippen molar-refractivity contribution >= 4 is 32.5 Å². The van der Waals surface area contributed by atoms with Gasteiger partial charge in [-0.05, 0) is 37.1 Å². The Labute approximate surface area is 134 Å². The summed E-state index contributed by atoms with van der Waals surface area (Å²) in [5.41, 5.74) is 4.95. The Balaban J connectivity index is 2.18. The molecule has 21 heavy (non-hydrogen) atoms. The largest absolute Gasteiger partial charge is 0.368 e. The number of anilines is 1. The Morgan fingerprint density at radius 3 is 2.71 bits per heavy atom. The van der Waals surface area contributed by atoms with E-state index in [9.17, 15) is 0 Å². The monoisotopic (exact) mass is 347 g/mol. The normalized spacial score (nSPS) is 15.7. The van der Waals surface area contributed by atoms with Crippen molar-refractivity contribution in [1.82, 2.24) is 10.3 Å². The average Bonchev–Trinajstić information content (AvgIpc) is 2.48. The molecular weight excluding hydrogens is 326 g/mol. The zero-order valence-corrected chi connectivity index (χ0v) is 14.3. The highest BCUT2D eigenvalue weighted by Gasteiger charge is 2.16. The van der Waals surface area contributed by atoms with Crippen molar-refractivity contribution in [1.29, 1.82) is 0 Å². The number of aromatic nitrogens is 1. The third kappa shape index (κ3) is 3.06. The summed E-state index contributed by atoms with van der Waals surface area (Å²) in [7, 11) is 0. The van der Waals surface area contributed by atoms with Gasteiger partial charge in [-0.2, -0.15) is 0 Å². The lowest BCUT2D eigenvalue weighted by Gasteiger charge is -2.31. The molecule has 0 aliphatic carbocycles. The summed E-state index contributed by atoms with van der Waals surface area (Å²) in [5.74, 6) is 0. The van der Waals surface area contributed by atoms with Crippen molar-refractivity contribution < 1.29 is 0 Å². The number of halogens is 1. The van der Waals surface area contributed by atoms with Gasteiger partial charge in [0.05, 0.1) is 5.52 Å². The Morgan fingerprint density at radius 1 is 1.24 bits per heavy atom. The zero-order chi connectivity index (χ0) is 14.8. The molecule has 0 radical (unpaired) electrons. The third-order valence-electron chi connectivity index (χ3n) is 4.06. The van der Waals surface area contributed by atoms with Gasteiger partial charge in [-0.1, -0.05) is 29.3 Å². The second-order valence-corrected chi connectivity index (χ2v) is 6.65. The molecule has 1 aromatic heterocycles. The highest BCUT2D eigenvalue weighted by atomic mass is 79.9. The van der Waals surface area contributed by atoms with Gasteiger partial charge in [0.1, 0.15) is 0 Å². The minimum Gasteiger partial charge on any atom is -0.368 e. The van der Waals surface area contributed by atoms with Crippen molar-refractivity contribution in [2.24, 2.45) is 0 Å². The third-order valence-corrected chi connectivity index (χ3v) is 4.52. The van der Waals surface area contributed by atoms with E-state index in [-0.39, 0.29) is 0 Å². The van der Waals surface area contributed by atoms with Gasteiger partial charge in [-0.25, -0.2) is 0 Å². The first kappa shape index (κ1) is 14.8. The van der Waals surface area contributed by atoms with Crippen LogP contribution in [0.15, 0.2) is 22.7 Å². The molecule has 4 heteroatoms. The van der Waals surface area contributed by atoms with Crippen molar-refractivity contribution in [2.75, 3.05) is 31.1 Å². The summed E-state index contributed by atoms with van der Waals surface area (Å²) < 4.78 is 1.13. The first-order valence-electron chi connectivity index (χ1n) is 7.74. The topological polar surface area (TPSA) is 28.2 Å². The van der Waals surface area contributed by atoms with Gasteiger partial charge in [-0.3, -0.25) is 4.98 Å². The smallest absolute Gasteiger partial charge is 0.0756 e. The van der Waals surface area contributed by atoms with Crippen LogP contribution in [0.25, 0.3) is 10.9 Å². The lowest BCUT2D eigenvalue weighted by atomic mass is 10.1. The number of rotatable bonds is 3. The van der Waals surface area contributed by atoms with Gasteiger partial charge in [0, 0.05) is 47.4 Å². The number of hydrogen-bond acceptors (Lipinski definition) is 3. The highest BCUT2D eigenvalue weighted by Crippen LogP contribution is 2.32. The van der Waals surface area contributed by atoms with Crippen molar-refractivity contribution in [2.45, 2.75) is 26.7 Å². The number of benzene rings is 1.